The minimum atomic E-state index is -0.944. The molecule has 1 aromatic carbocycles. The van der Waals surface area contributed by atoms with E-state index >= 15 is 0 Å². The molecule has 5 nitrogen and oxygen atoms in total. The van der Waals surface area contributed by atoms with E-state index in [0.717, 1.165) is 12.1 Å². The van der Waals surface area contributed by atoms with Crippen LogP contribution < -0.4 is 10.9 Å². The number of benzene rings is 1. The molecule has 0 aliphatic carbocycles. The molecule has 0 saturated carbocycles. The van der Waals surface area contributed by atoms with Crippen molar-refractivity contribution >= 4 is 21.6 Å². The highest BCUT2D eigenvalue weighted by molar-refractivity contribution is 7.16. The summed E-state index contributed by atoms with van der Waals surface area (Å²) in [6.07, 6.45) is 0. The van der Waals surface area contributed by atoms with Crippen molar-refractivity contribution in [3.63, 3.8) is 0 Å². The summed E-state index contributed by atoms with van der Waals surface area (Å²) >= 11 is 1.33. The molecule has 120 valence electrons. The number of H-pyrrole nitrogens is 1. The summed E-state index contributed by atoms with van der Waals surface area (Å²) in [5, 5.41) is 14.5. The van der Waals surface area contributed by atoms with Gasteiger partial charge in [0, 0.05) is 5.56 Å². The van der Waals surface area contributed by atoms with Crippen molar-refractivity contribution in [1.82, 2.24) is 15.3 Å². The van der Waals surface area contributed by atoms with Crippen LogP contribution in [0.1, 0.15) is 17.4 Å². The Labute approximate surface area is 133 Å². The SMILES string of the molecule is O=c1[nH]c(CNC(CO)c2c(F)cccc2F)nc2sccc12. The van der Waals surface area contributed by atoms with E-state index in [9.17, 15) is 18.7 Å². The molecule has 3 rings (SSSR count). The molecule has 23 heavy (non-hydrogen) atoms. The number of aromatic nitrogens is 2. The molecule has 0 radical (unpaired) electrons. The van der Waals surface area contributed by atoms with Gasteiger partial charge in [-0.25, -0.2) is 13.8 Å². The average molecular weight is 337 g/mol. The Kier molecular flexibility index (Phi) is 4.46. The fourth-order valence-electron chi connectivity index (χ4n) is 2.31. The highest BCUT2D eigenvalue weighted by Gasteiger charge is 2.19. The van der Waals surface area contributed by atoms with Gasteiger partial charge in [0.1, 0.15) is 22.3 Å². The third-order valence-electron chi connectivity index (χ3n) is 3.43. The average Bonchev–Trinajstić information content (AvgIpc) is 2.99. The Hall–Kier alpha value is -2.16. The van der Waals surface area contributed by atoms with E-state index < -0.39 is 24.3 Å². The number of aromatic amines is 1. The zero-order valence-electron chi connectivity index (χ0n) is 11.8. The maximum atomic E-state index is 13.8. The number of thiophene rings is 1. The topological polar surface area (TPSA) is 78.0 Å². The monoisotopic (exact) mass is 337 g/mol. The molecule has 8 heteroatoms. The quantitative estimate of drug-likeness (QED) is 0.666. The molecule has 0 amide bonds. The van der Waals surface area contributed by atoms with E-state index in [-0.39, 0.29) is 17.7 Å². The van der Waals surface area contributed by atoms with Crippen molar-refractivity contribution in [2.24, 2.45) is 0 Å². The number of fused-ring (bicyclic) bond motifs is 1. The molecule has 1 unspecified atom stereocenters. The number of hydrogen-bond donors (Lipinski definition) is 3. The van der Waals surface area contributed by atoms with Crippen molar-refractivity contribution in [3.05, 3.63) is 63.0 Å². The lowest BCUT2D eigenvalue weighted by Gasteiger charge is -2.17. The maximum Gasteiger partial charge on any atom is 0.259 e. The summed E-state index contributed by atoms with van der Waals surface area (Å²) in [7, 11) is 0. The second-order valence-electron chi connectivity index (χ2n) is 4.90. The number of nitrogens with zero attached hydrogens (tertiary/aromatic N) is 1. The molecular weight excluding hydrogens is 324 g/mol. The summed E-state index contributed by atoms with van der Waals surface area (Å²) in [4.78, 5) is 19.3. The van der Waals surface area contributed by atoms with Crippen LogP contribution in [-0.4, -0.2) is 21.7 Å². The largest absolute Gasteiger partial charge is 0.394 e. The Bertz CT molecular complexity index is 874. The van der Waals surface area contributed by atoms with Gasteiger partial charge in [0.25, 0.3) is 5.56 Å². The summed E-state index contributed by atoms with van der Waals surface area (Å²) in [5.74, 6) is -1.15. The van der Waals surface area contributed by atoms with Gasteiger partial charge in [-0.05, 0) is 23.6 Å². The second-order valence-corrected chi connectivity index (χ2v) is 5.80. The van der Waals surface area contributed by atoms with Crippen LogP contribution in [0.25, 0.3) is 10.2 Å². The van der Waals surface area contributed by atoms with Crippen LogP contribution in [0.4, 0.5) is 8.78 Å². The number of halogens is 2. The standard InChI is InChI=1S/C15H13F2N3O2S/c16-9-2-1-3-10(17)13(9)11(7-21)18-6-12-19-14(22)8-4-5-23-15(8)20-12/h1-5,11,18,21H,6-7H2,(H,19,20,22). The molecule has 2 aromatic heterocycles. The molecule has 3 N–H and O–H groups in total. The van der Waals surface area contributed by atoms with Gasteiger partial charge in [-0.1, -0.05) is 6.07 Å². The molecule has 1 atom stereocenters. The van der Waals surface area contributed by atoms with Crippen molar-refractivity contribution in [2.45, 2.75) is 12.6 Å². The summed E-state index contributed by atoms with van der Waals surface area (Å²) in [6, 6.07) is 4.24. The minimum absolute atomic E-state index is 0.0576. The Morgan fingerprint density at radius 3 is 2.74 bits per heavy atom. The normalized spacial score (nSPS) is 12.7. The number of aliphatic hydroxyl groups is 1. The predicted molar refractivity (Wildman–Crippen MR) is 83.3 cm³/mol. The lowest BCUT2D eigenvalue weighted by molar-refractivity contribution is 0.236. The Balaban J connectivity index is 1.83. The first-order valence-corrected chi connectivity index (χ1v) is 7.72. The summed E-state index contributed by atoms with van der Waals surface area (Å²) < 4.78 is 27.6. The van der Waals surface area contributed by atoms with Crippen LogP contribution in [0.5, 0.6) is 0 Å². The lowest BCUT2D eigenvalue weighted by Crippen LogP contribution is -2.27. The highest BCUT2D eigenvalue weighted by Crippen LogP contribution is 2.21. The third kappa shape index (κ3) is 3.14. The van der Waals surface area contributed by atoms with Gasteiger partial charge < -0.3 is 15.4 Å². The van der Waals surface area contributed by atoms with Crippen LogP contribution in [0, 0.1) is 11.6 Å². The van der Waals surface area contributed by atoms with E-state index in [1.807, 2.05) is 0 Å². The molecule has 0 saturated heterocycles. The van der Waals surface area contributed by atoms with E-state index in [1.54, 1.807) is 11.4 Å². The number of rotatable bonds is 5. The van der Waals surface area contributed by atoms with Gasteiger partial charge >= 0.3 is 0 Å². The van der Waals surface area contributed by atoms with Gasteiger partial charge in [-0.15, -0.1) is 11.3 Å². The van der Waals surface area contributed by atoms with Gasteiger partial charge in [0.2, 0.25) is 0 Å². The van der Waals surface area contributed by atoms with Gasteiger partial charge in [0.05, 0.1) is 24.6 Å². The highest BCUT2D eigenvalue weighted by atomic mass is 32.1. The Morgan fingerprint density at radius 1 is 1.30 bits per heavy atom. The van der Waals surface area contributed by atoms with Crippen molar-refractivity contribution in [3.8, 4) is 0 Å². The molecular formula is C15H13F2N3O2S. The van der Waals surface area contributed by atoms with Crippen molar-refractivity contribution < 1.29 is 13.9 Å². The number of hydrogen-bond acceptors (Lipinski definition) is 5. The zero-order chi connectivity index (χ0) is 16.4. The van der Waals surface area contributed by atoms with E-state index in [2.05, 4.69) is 15.3 Å². The second kappa shape index (κ2) is 6.53. The molecule has 0 aliphatic rings. The third-order valence-corrected chi connectivity index (χ3v) is 4.24. The smallest absolute Gasteiger partial charge is 0.259 e. The van der Waals surface area contributed by atoms with Gasteiger partial charge in [-0.3, -0.25) is 4.79 Å². The summed E-state index contributed by atoms with van der Waals surface area (Å²) in [6.45, 7) is -0.439. The van der Waals surface area contributed by atoms with Crippen LogP contribution in [-0.2, 0) is 6.54 Å². The fraction of sp³-hybridized carbons (Fsp3) is 0.200. The first-order chi connectivity index (χ1) is 11.1. The number of nitrogens with one attached hydrogen (secondary N) is 2. The van der Waals surface area contributed by atoms with Crippen molar-refractivity contribution in [2.75, 3.05) is 6.61 Å². The zero-order valence-corrected chi connectivity index (χ0v) is 12.7. The molecule has 0 spiro atoms. The first-order valence-electron chi connectivity index (χ1n) is 6.84. The number of aliphatic hydroxyl groups excluding tert-OH is 1. The maximum absolute atomic E-state index is 13.8. The van der Waals surface area contributed by atoms with E-state index in [0.29, 0.717) is 16.0 Å². The van der Waals surface area contributed by atoms with Crippen LogP contribution in [0.15, 0.2) is 34.4 Å². The van der Waals surface area contributed by atoms with Crippen LogP contribution >= 0.6 is 11.3 Å². The molecule has 0 bridgehead atoms. The van der Waals surface area contributed by atoms with Crippen molar-refractivity contribution in [1.29, 1.82) is 0 Å². The van der Waals surface area contributed by atoms with Crippen LogP contribution in [0.2, 0.25) is 0 Å². The molecule has 2 heterocycles. The first kappa shape index (κ1) is 15.7. The van der Waals surface area contributed by atoms with Gasteiger partial charge in [-0.2, -0.15) is 0 Å². The van der Waals surface area contributed by atoms with Gasteiger partial charge in [0.15, 0.2) is 0 Å². The summed E-state index contributed by atoms with van der Waals surface area (Å²) in [5.41, 5.74) is -0.514. The molecule has 0 fully saturated rings. The predicted octanol–water partition coefficient (Wildman–Crippen LogP) is 2.09. The van der Waals surface area contributed by atoms with Crippen LogP contribution in [0.3, 0.4) is 0 Å². The van der Waals surface area contributed by atoms with E-state index in [4.69, 9.17) is 0 Å². The molecule has 3 aromatic rings. The minimum Gasteiger partial charge on any atom is -0.394 e. The lowest BCUT2D eigenvalue weighted by atomic mass is 10.1. The van der Waals surface area contributed by atoms with E-state index in [1.165, 1.54) is 17.4 Å². The Morgan fingerprint density at radius 2 is 2.04 bits per heavy atom. The fourth-order valence-corrected chi connectivity index (χ4v) is 3.10. The molecule has 0 aliphatic heterocycles.